The van der Waals surface area contributed by atoms with Crippen LogP contribution in [0, 0.1) is 0 Å². The molecule has 1 aliphatic rings. The van der Waals surface area contributed by atoms with Gasteiger partial charge in [0.2, 0.25) is 0 Å². The van der Waals surface area contributed by atoms with E-state index in [2.05, 4.69) is 15.9 Å². The number of carbonyl (C=O) groups is 3. The van der Waals surface area contributed by atoms with Crippen molar-refractivity contribution in [1.82, 2.24) is 0 Å². The second kappa shape index (κ2) is 8.48. The summed E-state index contributed by atoms with van der Waals surface area (Å²) in [6, 6.07) is 28.3. The Morgan fingerprint density at radius 3 is 2.03 bits per heavy atom. The zero-order valence-corrected chi connectivity index (χ0v) is 18.8. The van der Waals surface area contributed by atoms with Gasteiger partial charge in [-0.05, 0) is 69.5 Å². The Morgan fingerprint density at radius 2 is 1.36 bits per heavy atom. The van der Waals surface area contributed by atoms with Crippen LogP contribution in [0.25, 0.3) is 11.1 Å². The molecule has 160 valence electrons. The Labute approximate surface area is 198 Å². The summed E-state index contributed by atoms with van der Waals surface area (Å²) in [5.41, 5.74) is 3.26. The van der Waals surface area contributed by atoms with Crippen LogP contribution in [0.15, 0.2) is 102 Å². The van der Waals surface area contributed by atoms with Crippen LogP contribution in [0.1, 0.15) is 31.1 Å². The highest BCUT2D eigenvalue weighted by Crippen LogP contribution is 2.32. The molecule has 0 bridgehead atoms. The normalized spacial score (nSPS) is 12.6. The molecule has 4 aromatic rings. The van der Waals surface area contributed by atoms with Crippen LogP contribution in [0.4, 0.5) is 5.69 Å². The number of fused-ring (bicyclic) bond motifs is 1. The molecule has 0 atom stereocenters. The molecule has 2 amide bonds. The average Bonchev–Trinajstić information content (AvgIpc) is 3.11. The van der Waals surface area contributed by atoms with Gasteiger partial charge in [0.25, 0.3) is 11.8 Å². The van der Waals surface area contributed by atoms with E-state index in [1.54, 1.807) is 48.5 Å². The Bertz CT molecular complexity index is 1380. The second-order valence-electron chi connectivity index (χ2n) is 7.44. The Morgan fingerprint density at radius 1 is 0.697 bits per heavy atom. The molecule has 0 radical (unpaired) electrons. The number of benzene rings is 4. The van der Waals surface area contributed by atoms with Gasteiger partial charge in [0.1, 0.15) is 5.75 Å². The number of rotatable bonds is 4. The van der Waals surface area contributed by atoms with Crippen LogP contribution in [0.2, 0.25) is 0 Å². The maximum Gasteiger partial charge on any atom is 0.343 e. The number of ether oxygens (including phenoxy) is 1. The first-order valence-corrected chi connectivity index (χ1v) is 11.0. The van der Waals surface area contributed by atoms with Gasteiger partial charge in [-0.1, -0.05) is 54.6 Å². The molecule has 0 saturated carbocycles. The van der Waals surface area contributed by atoms with E-state index in [1.807, 2.05) is 42.5 Å². The van der Waals surface area contributed by atoms with E-state index < -0.39 is 17.8 Å². The lowest BCUT2D eigenvalue weighted by Gasteiger charge is -2.15. The summed E-state index contributed by atoms with van der Waals surface area (Å²) in [5.74, 6) is -1.06. The summed E-state index contributed by atoms with van der Waals surface area (Å²) < 4.78 is 6.21. The van der Waals surface area contributed by atoms with Crippen LogP contribution in [-0.4, -0.2) is 17.8 Å². The average molecular weight is 498 g/mol. The lowest BCUT2D eigenvalue weighted by Crippen LogP contribution is -2.29. The predicted octanol–water partition coefficient (Wildman–Crippen LogP) is 6.14. The second-order valence-corrected chi connectivity index (χ2v) is 8.30. The van der Waals surface area contributed by atoms with E-state index >= 15 is 0 Å². The minimum absolute atomic E-state index is 0.225. The quantitative estimate of drug-likeness (QED) is 0.193. The summed E-state index contributed by atoms with van der Waals surface area (Å²) >= 11 is 3.47. The molecular formula is C27H16BrNO4. The minimum atomic E-state index is -0.596. The largest absolute Gasteiger partial charge is 0.422 e. The fourth-order valence-corrected chi connectivity index (χ4v) is 4.21. The van der Waals surface area contributed by atoms with Gasteiger partial charge < -0.3 is 4.74 Å². The first-order valence-electron chi connectivity index (χ1n) is 10.2. The maximum atomic E-state index is 12.8. The van der Waals surface area contributed by atoms with Gasteiger partial charge in [0.05, 0.1) is 26.9 Å². The smallest absolute Gasteiger partial charge is 0.343 e. The molecule has 5 nitrogen and oxygen atoms in total. The van der Waals surface area contributed by atoms with Gasteiger partial charge in [0.15, 0.2) is 0 Å². The van der Waals surface area contributed by atoms with E-state index in [9.17, 15) is 14.4 Å². The minimum Gasteiger partial charge on any atom is -0.422 e. The number of anilines is 1. The van der Waals surface area contributed by atoms with Crippen LogP contribution >= 0.6 is 15.9 Å². The number of esters is 1. The highest BCUT2D eigenvalue weighted by Gasteiger charge is 2.36. The van der Waals surface area contributed by atoms with Crippen LogP contribution in [0.3, 0.4) is 0 Å². The lowest BCUT2D eigenvalue weighted by atomic mass is 10.1. The van der Waals surface area contributed by atoms with Gasteiger partial charge in [-0.3, -0.25) is 9.59 Å². The molecule has 0 fully saturated rings. The number of amides is 2. The highest BCUT2D eigenvalue weighted by atomic mass is 79.9. The van der Waals surface area contributed by atoms with Crippen molar-refractivity contribution in [1.29, 1.82) is 0 Å². The summed E-state index contributed by atoms with van der Waals surface area (Å²) in [6.45, 7) is 0. The van der Waals surface area contributed by atoms with Gasteiger partial charge in [-0.2, -0.15) is 0 Å². The summed E-state index contributed by atoms with van der Waals surface area (Å²) in [6.07, 6.45) is 0. The first kappa shape index (κ1) is 20.8. The molecule has 0 saturated heterocycles. The standard InChI is InChI=1S/C27H16BrNO4/c28-23-16-18(17-7-2-1-3-8-17)13-14-24(23)33-27(32)19-9-6-10-20(15-19)29-25(30)21-11-4-5-12-22(21)26(29)31/h1-16H. The third-order valence-corrected chi connectivity index (χ3v) is 6.00. The van der Waals surface area contributed by atoms with Crippen LogP contribution in [0.5, 0.6) is 5.75 Å². The van der Waals surface area contributed by atoms with Gasteiger partial charge in [-0.15, -0.1) is 0 Å². The van der Waals surface area contributed by atoms with Crippen LogP contribution in [-0.2, 0) is 0 Å². The van der Waals surface area contributed by atoms with Crippen molar-refractivity contribution in [2.24, 2.45) is 0 Å². The third kappa shape index (κ3) is 3.85. The Hall–Kier alpha value is -4.03. The predicted molar refractivity (Wildman–Crippen MR) is 129 cm³/mol. The van der Waals surface area contributed by atoms with E-state index in [0.717, 1.165) is 16.0 Å². The molecular weight excluding hydrogens is 482 g/mol. The molecule has 0 N–H and O–H groups in total. The van der Waals surface area contributed by atoms with Crippen molar-refractivity contribution in [3.63, 3.8) is 0 Å². The number of hydrogen-bond donors (Lipinski definition) is 0. The molecule has 1 aliphatic heterocycles. The maximum absolute atomic E-state index is 12.8. The molecule has 33 heavy (non-hydrogen) atoms. The van der Waals surface area contributed by atoms with Crippen LogP contribution < -0.4 is 9.64 Å². The Kier molecular flexibility index (Phi) is 5.36. The third-order valence-electron chi connectivity index (χ3n) is 5.38. The number of imide groups is 1. The fourth-order valence-electron chi connectivity index (χ4n) is 3.75. The van der Waals surface area contributed by atoms with E-state index in [4.69, 9.17) is 4.74 Å². The van der Waals surface area contributed by atoms with E-state index in [0.29, 0.717) is 27.0 Å². The molecule has 1 heterocycles. The number of carbonyl (C=O) groups excluding carboxylic acids is 3. The number of halogens is 1. The first-order chi connectivity index (χ1) is 16.0. The van der Waals surface area contributed by atoms with Crippen molar-refractivity contribution in [2.75, 3.05) is 4.90 Å². The molecule has 0 aliphatic carbocycles. The van der Waals surface area contributed by atoms with Crippen molar-refractivity contribution in [3.8, 4) is 16.9 Å². The Balaban J connectivity index is 1.38. The zero-order valence-electron chi connectivity index (χ0n) is 17.2. The molecule has 0 unspecified atom stereocenters. The van der Waals surface area contributed by atoms with E-state index in [1.165, 1.54) is 6.07 Å². The molecule has 4 aromatic carbocycles. The van der Waals surface area contributed by atoms with Crippen molar-refractivity contribution in [3.05, 3.63) is 118 Å². The topological polar surface area (TPSA) is 63.7 Å². The van der Waals surface area contributed by atoms with E-state index in [-0.39, 0.29) is 5.56 Å². The lowest BCUT2D eigenvalue weighted by molar-refractivity contribution is 0.0732. The monoisotopic (exact) mass is 497 g/mol. The van der Waals surface area contributed by atoms with Crippen molar-refractivity contribution in [2.45, 2.75) is 0 Å². The van der Waals surface area contributed by atoms with Gasteiger partial charge in [0, 0.05) is 0 Å². The van der Waals surface area contributed by atoms with Gasteiger partial charge >= 0.3 is 5.97 Å². The summed E-state index contributed by atoms with van der Waals surface area (Å²) in [5, 5.41) is 0. The number of hydrogen-bond acceptors (Lipinski definition) is 4. The molecule has 6 heteroatoms. The van der Waals surface area contributed by atoms with Crippen molar-refractivity contribution < 1.29 is 19.1 Å². The summed E-state index contributed by atoms with van der Waals surface area (Å²) in [7, 11) is 0. The fraction of sp³-hybridized carbons (Fsp3) is 0. The van der Waals surface area contributed by atoms with Crippen molar-refractivity contribution >= 4 is 39.4 Å². The van der Waals surface area contributed by atoms with Gasteiger partial charge in [-0.25, -0.2) is 9.69 Å². The zero-order chi connectivity index (χ0) is 22.9. The SMILES string of the molecule is O=C(Oc1ccc(-c2ccccc2)cc1Br)c1cccc(N2C(=O)c3ccccc3C2=O)c1. The molecule has 5 rings (SSSR count). The molecule has 0 aromatic heterocycles. The summed E-state index contributed by atoms with van der Waals surface area (Å²) in [4.78, 5) is 39.4. The molecule has 0 spiro atoms. The number of nitrogens with zero attached hydrogens (tertiary/aromatic N) is 1. The highest BCUT2D eigenvalue weighted by molar-refractivity contribution is 9.10.